The number of benzene rings is 1. The van der Waals surface area contributed by atoms with Crippen molar-refractivity contribution in [2.24, 2.45) is 5.92 Å². The first-order valence-electron chi connectivity index (χ1n) is 7.84. The van der Waals surface area contributed by atoms with Crippen LogP contribution in [-0.2, 0) is 24.4 Å². The summed E-state index contributed by atoms with van der Waals surface area (Å²) in [7, 11) is 0. The Labute approximate surface area is 126 Å². The van der Waals surface area contributed by atoms with E-state index in [0.717, 1.165) is 36.0 Å². The molecule has 0 unspecified atom stereocenters. The Balaban J connectivity index is 1.81. The molecule has 1 saturated carbocycles. The van der Waals surface area contributed by atoms with Crippen molar-refractivity contribution in [3.63, 3.8) is 0 Å². The molecule has 1 amide bonds. The Morgan fingerprint density at radius 1 is 1.10 bits per heavy atom. The summed E-state index contributed by atoms with van der Waals surface area (Å²) >= 11 is 0. The average Bonchev–Trinajstić information content (AvgIpc) is 2.55. The van der Waals surface area contributed by atoms with Gasteiger partial charge in [0.05, 0.1) is 13.2 Å². The fourth-order valence-corrected chi connectivity index (χ4v) is 2.98. The van der Waals surface area contributed by atoms with Crippen LogP contribution in [0.5, 0.6) is 0 Å². The molecule has 1 aromatic carbocycles. The summed E-state index contributed by atoms with van der Waals surface area (Å²) < 4.78 is 0. The van der Waals surface area contributed by atoms with Crippen LogP contribution in [-0.4, -0.2) is 22.7 Å². The molecule has 0 bridgehead atoms. The number of aliphatic hydroxyl groups is 2. The van der Waals surface area contributed by atoms with Gasteiger partial charge in [-0.1, -0.05) is 37.5 Å². The van der Waals surface area contributed by atoms with E-state index in [4.69, 9.17) is 5.11 Å². The molecule has 1 aromatic rings. The fraction of sp³-hybridized carbons (Fsp3) is 0.588. The second kappa shape index (κ2) is 8.15. The third-order valence-corrected chi connectivity index (χ3v) is 4.30. The lowest BCUT2D eigenvalue weighted by Gasteiger charge is -2.20. The summed E-state index contributed by atoms with van der Waals surface area (Å²) in [5.74, 6) is 0.382. The molecule has 4 heteroatoms. The second-order valence-corrected chi connectivity index (χ2v) is 5.80. The zero-order chi connectivity index (χ0) is 15.1. The fourth-order valence-electron chi connectivity index (χ4n) is 2.98. The van der Waals surface area contributed by atoms with Gasteiger partial charge in [-0.2, -0.15) is 0 Å². The van der Waals surface area contributed by atoms with Gasteiger partial charge in [0.25, 0.3) is 0 Å². The first-order valence-corrected chi connectivity index (χ1v) is 7.84. The smallest absolute Gasteiger partial charge is 0.223 e. The van der Waals surface area contributed by atoms with Crippen molar-refractivity contribution in [3.05, 3.63) is 34.9 Å². The number of rotatable bonds is 6. The summed E-state index contributed by atoms with van der Waals surface area (Å²) in [6, 6.07) is 5.68. The molecule has 4 nitrogen and oxygen atoms in total. The van der Waals surface area contributed by atoms with Crippen LogP contribution in [0.4, 0.5) is 0 Å². The third-order valence-electron chi connectivity index (χ3n) is 4.30. The number of hydrogen-bond acceptors (Lipinski definition) is 3. The molecular formula is C17H25NO3. The number of carbonyl (C=O) groups excluding carboxylic acids is 1. The quantitative estimate of drug-likeness (QED) is 0.750. The van der Waals surface area contributed by atoms with E-state index in [9.17, 15) is 9.90 Å². The zero-order valence-electron chi connectivity index (χ0n) is 12.5. The number of carbonyl (C=O) groups is 1. The normalized spacial score (nSPS) is 15.9. The maximum atomic E-state index is 12.0. The van der Waals surface area contributed by atoms with Crippen molar-refractivity contribution < 1.29 is 15.0 Å². The van der Waals surface area contributed by atoms with E-state index >= 15 is 0 Å². The van der Waals surface area contributed by atoms with Crippen molar-refractivity contribution in [1.82, 2.24) is 5.32 Å². The summed E-state index contributed by atoms with van der Waals surface area (Å²) in [6.07, 6.45) is 6.38. The summed E-state index contributed by atoms with van der Waals surface area (Å²) in [5.41, 5.74) is 2.58. The highest BCUT2D eigenvalue weighted by Crippen LogP contribution is 2.23. The lowest BCUT2D eigenvalue weighted by molar-refractivity contribution is -0.125. The van der Waals surface area contributed by atoms with Crippen molar-refractivity contribution in [2.45, 2.75) is 51.7 Å². The first-order chi connectivity index (χ1) is 10.2. The topological polar surface area (TPSA) is 69.6 Å². The van der Waals surface area contributed by atoms with Gasteiger partial charge in [-0.25, -0.2) is 0 Å². The van der Waals surface area contributed by atoms with Crippen LogP contribution in [0.1, 0.15) is 48.8 Å². The molecule has 1 fully saturated rings. The van der Waals surface area contributed by atoms with Gasteiger partial charge in [-0.05, 0) is 36.0 Å². The van der Waals surface area contributed by atoms with Crippen LogP contribution in [0.2, 0.25) is 0 Å². The summed E-state index contributed by atoms with van der Waals surface area (Å²) in [5, 5.41) is 21.5. The minimum absolute atomic E-state index is 0.0609. The molecule has 116 valence electrons. The molecule has 21 heavy (non-hydrogen) atoms. The van der Waals surface area contributed by atoms with E-state index in [0.29, 0.717) is 6.54 Å². The minimum Gasteiger partial charge on any atom is -0.392 e. The first kappa shape index (κ1) is 16.0. The van der Waals surface area contributed by atoms with Crippen LogP contribution in [0.3, 0.4) is 0 Å². The molecule has 1 aliphatic rings. The molecule has 0 aliphatic heterocycles. The SMILES string of the molecule is O=C(NCCc1ccc(CO)c(CO)c1)C1CCCCC1. The van der Waals surface area contributed by atoms with Crippen LogP contribution in [0.25, 0.3) is 0 Å². The third kappa shape index (κ3) is 4.55. The molecule has 1 aliphatic carbocycles. The molecule has 0 radical (unpaired) electrons. The summed E-state index contributed by atoms with van der Waals surface area (Å²) in [4.78, 5) is 12.0. The predicted molar refractivity (Wildman–Crippen MR) is 81.6 cm³/mol. The van der Waals surface area contributed by atoms with E-state index in [1.54, 1.807) is 0 Å². The van der Waals surface area contributed by atoms with Gasteiger partial charge in [-0.15, -0.1) is 0 Å². The van der Waals surface area contributed by atoms with Crippen LogP contribution < -0.4 is 5.32 Å². The van der Waals surface area contributed by atoms with Gasteiger partial charge in [0.2, 0.25) is 5.91 Å². The van der Waals surface area contributed by atoms with Crippen molar-refractivity contribution in [2.75, 3.05) is 6.54 Å². The largest absolute Gasteiger partial charge is 0.392 e. The Bertz CT molecular complexity index is 467. The van der Waals surface area contributed by atoms with E-state index in [1.165, 1.54) is 19.3 Å². The van der Waals surface area contributed by atoms with Gasteiger partial charge in [0, 0.05) is 12.5 Å². The maximum absolute atomic E-state index is 12.0. The van der Waals surface area contributed by atoms with Gasteiger partial charge in [0.15, 0.2) is 0 Å². The van der Waals surface area contributed by atoms with Crippen LogP contribution >= 0.6 is 0 Å². The van der Waals surface area contributed by atoms with E-state index in [2.05, 4.69) is 5.32 Å². The average molecular weight is 291 g/mol. The molecule has 3 N–H and O–H groups in total. The van der Waals surface area contributed by atoms with Gasteiger partial charge < -0.3 is 15.5 Å². The predicted octanol–water partition coefficient (Wildman–Crippen LogP) is 1.91. The van der Waals surface area contributed by atoms with Gasteiger partial charge in [0.1, 0.15) is 0 Å². The maximum Gasteiger partial charge on any atom is 0.223 e. The van der Waals surface area contributed by atoms with Gasteiger partial charge in [-0.3, -0.25) is 4.79 Å². The van der Waals surface area contributed by atoms with E-state index in [-0.39, 0.29) is 25.0 Å². The molecular weight excluding hydrogens is 266 g/mol. The molecule has 0 aromatic heterocycles. The lowest BCUT2D eigenvalue weighted by Crippen LogP contribution is -2.33. The monoisotopic (exact) mass is 291 g/mol. The number of hydrogen-bond donors (Lipinski definition) is 3. The van der Waals surface area contributed by atoms with Crippen molar-refractivity contribution >= 4 is 5.91 Å². The minimum atomic E-state index is -0.0713. The Kier molecular flexibility index (Phi) is 6.21. The second-order valence-electron chi connectivity index (χ2n) is 5.80. The summed E-state index contributed by atoms with van der Waals surface area (Å²) in [6.45, 7) is 0.491. The van der Waals surface area contributed by atoms with Crippen molar-refractivity contribution in [1.29, 1.82) is 0 Å². The molecule has 0 heterocycles. The number of aliphatic hydroxyl groups excluding tert-OH is 2. The van der Waals surface area contributed by atoms with Crippen molar-refractivity contribution in [3.8, 4) is 0 Å². The molecule has 0 atom stereocenters. The standard InChI is InChI=1S/C17H25NO3/c19-11-15-7-6-13(10-16(15)12-20)8-9-18-17(21)14-4-2-1-3-5-14/h6-7,10,14,19-20H,1-5,8-9,11-12H2,(H,18,21). The van der Waals surface area contributed by atoms with E-state index in [1.807, 2.05) is 18.2 Å². The highest BCUT2D eigenvalue weighted by Gasteiger charge is 2.20. The molecule has 0 saturated heterocycles. The van der Waals surface area contributed by atoms with Crippen LogP contribution in [0, 0.1) is 5.92 Å². The number of amides is 1. The van der Waals surface area contributed by atoms with Gasteiger partial charge >= 0.3 is 0 Å². The highest BCUT2D eigenvalue weighted by atomic mass is 16.3. The Morgan fingerprint density at radius 2 is 1.81 bits per heavy atom. The number of nitrogens with one attached hydrogen (secondary N) is 1. The van der Waals surface area contributed by atoms with Crippen LogP contribution in [0.15, 0.2) is 18.2 Å². The zero-order valence-corrected chi connectivity index (χ0v) is 12.5. The Morgan fingerprint density at radius 3 is 2.48 bits per heavy atom. The highest BCUT2D eigenvalue weighted by molar-refractivity contribution is 5.78. The molecule has 2 rings (SSSR count). The Hall–Kier alpha value is -1.39. The lowest BCUT2D eigenvalue weighted by atomic mass is 9.88. The van der Waals surface area contributed by atoms with E-state index < -0.39 is 0 Å². The molecule has 0 spiro atoms.